The van der Waals surface area contributed by atoms with Gasteiger partial charge in [0, 0.05) is 30.9 Å². The molecule has 0 saturated heterocycles. The lowest BCUT2D eigenvalue weighted by atomic mass is 9.90. The summed E-state index contributed by atoms with van der Waals surface area (Å²) >= 11 is 0. The molecule has 0 aliphatic heterocycles. The van der Waals surface area contributed by atoms with E-state index in [2.05, 4.69) is 5.32 Å². The van der Waals surface area contributed by atoms with E-state index in [-0.39, 0.29) is 23.5 Å². The van der Waals surface area contributed by atoms with Crippen LogP contribution in [-0.2, 0) is 4.79 Å². The van der Waals surface area contributed by atoms with Gasteiger partial charge in [0.25, 0.3) is 0 Å². The summed E-state index contributed by atoms with van der Waals surface area (Å²) in [6.07, 6.45) is 1.86. The molecule has 0 bridgehead atoms. The SMILES string of the molecule is C/C(=C/C(=O)NCC(C)(C)CCO)c1ccc(F)cc1F. The van der Waals surface area contributed by atoms with Gasteiger partial charge in [-0.1, -0.05) is 13.8 Å². The number of hydrogen-bond donors (Lipinski definition) is 2. The third kappa shape index (κ3) is 5.63. The standard InChI is InChI=1S/C16H21F2NO2/c1-11(13-5-4-12(17)9-14(13)18)8-15(21)19-10-16(2,3)6-7-20/h4-5,8-9,20H,6-7,10H2,1-3H3,(H,19,21)/b11-8-. The van der Waals surface area contributed by atoms with Crippen LogP contribution in [0.4, 0.5) is 8.78 Å². The fraction of sp³-hybridized carbons (Fsp3) is 0.438. The van der Waals surface area contributed by atoms with E-state index >= 15 is 0 Å². The highest BCUT2D eigenvalue weighted by atomic mass is 19.1. The number of amides is 1. The first-order chi connectivity index (χ1) is 9.75. The molecule has 3 nitrogen and oxygen atoms in total. The average molecular weight is 297 g/mol. The number of hydrogen-bond acceptors (Lipinski definition) is 2. The quantitative estimate of drug-likeness (QED) is 0.793. The van der Waals surface area contributed by atoms with E-state index in [1.165, 1.54) is 12.1 Å². The number of carbonyl (C=O) groups is 1. The third-order valence-corrected chi connectivity index (χ3v) is 3.23. The molecule has 1 aromatic rings. The summed E-state index contributed by atoms with van der Waals surface area (Å²) in [7, 11) is 0. The van der Waals surface area contributed by atoms with Crippen molar-refractivity contribution in [1.29, 1.82) is 0 Å². The number of aliphatic hydroxyl groups excluding tert-OH is 1. The summed E-state index contributed by atoms with van der Waals surface area (Å²) in [6, 6.07) is 3.24. The van der Waals surface area contributed by atoms with Gasteiger partial charge in [-0.3, -0.25) is 4.79 Å². The number of nitrogens with one attached hydrogen (secondary N) is 1. The highest BCUT2D eigenvalue weighted by Gasteiger charge is 2.17. The van der Waals surface area contributed by atoms with Crippen LogP contribution < -0.4 is 5.32 Å². The lowest BCUT2D eigenvalue weighted by molar-refractivity contribution is -0.116. The fourth-order valence-corrected chi connectivity index (χ4v) is 1.85. The Labute approximate surface area is 123 Å². The normalized spacial score (nSPS) is 12.4. The molecule has 0 aromatic heterocycles. The molecule has 0 aliphatic carbocycles. The van der Waals surface area contributed by atoms with Crippen molar-refractivity contribution in [2.45, 2.75) is 27.2 Å². The van der Waals surface area contributed by atoms with Crippen molar-refractivity contribution in [3.05, 3.63) is 41.5 Å². The van der Waals surface area contributed by atoms with E-state index in [0.29, 0.717) is 18.5 Å². The molecule has 116 valence electrons. The van der Waals surface area contributed by atoms with Gasteiger partial charge in [0.2, 0.25) is 5.91 Å². The van der Waals surface area contributed by atoms with Gasteiger partial charge in [-0.25, -0.2) is 8.78 Å². The van der Waals surface area contributed by atoms with Crippen LogP contribution in [0.2, 0.25) is 0 Å². The summed E-state index contributed by atoms with van der Waals surface area (Å²) in [6.45, 7) is 5.91. The van der Waals surface area contributed by atoms with Crippen molar-refractivity contribution >= 4 is 11.5 Å². The van der Waals surface area contributed by atoms with Crippen molar-refractivity contribution in [3.8, 4) is 0 Å². The first kappa shape index (κ1) is 17.3. The van der Waals surface area contributed by atoms with Gasteiger partial charge in [0.05, 0.1) is 0 Å². The molecule has 0 fully saturated rings. The molecule has 1 rings (SSSR count). The molecule has 5 heteroatoms. The van der Waals surface area contributed by atoms with E-state index in [0.717, 1.165) is 12.1 Å². The Hall–Kier alpha value is -1.75. The molecule has 0 atom stereocenters. The highest BCUT2D eigenvalue weighted by molar-refractivity contribution is 5.94. The summed E-state index contributed by atoms with van der Waals surface area (Å²) in [5.41, 5.74) is 0.402. The summed E-state index contributed by atoms with van der Waals surface area (Å²) in [5, 5.41) is 11.6. The first-order valence-electron chi connectivity index (χ1n) is 6.77. The molecule has 0 unspecified atom stereocenters. The smallest absolute Gasteiger partial charge is 0.244 e. The van der Waals surface area contributed by atoms with E-state index in [4.69, 9.17) is 5.11 Å². The first-order valence-corrected chi connectivity index (χ1v) is 6.77. The van der Waals surface area contributed by atoms with Gasteiger partial charge in [-0.05, 0) is 36.5 Å². The molecule has 1 aromatic carbocycles. The van der Waals surface area contributed by atoms with E-state index in [9.17, 15) is 13.6 Å². The average Bonchev–Trinajstić information content (AvgIpc) is 2.36. The van der Waals surface area contributed by atoms with Gasteiger partial charge in [0.15, 0.2) is 0 Å². The van der Waals surface area contributed by atoms with Crippen LogP contribution in [0.3, 0.4) is 0 Å². The Morgan fingerprint density at radius 2 is 2.05 bits per heavy atom. The second-order valence-corrected chi connectivity index (χ2v) is 5.81. The maximum Gasteiger partial charge on any atom is 0.244 e. The van der Waals surface area contributed by atoms with Crippen LogP contribution in [-0.4, -0.2) is 24.2 Å². The Bertz CT molecular complexity index is 539. The molecule has 0 heterocycles. The number of benzene rings is 1. The minimum absolute atomic E-state index is 0.0541. The van der Waals surface area contributed by atoms with Gasteiger partial charge in [0.1, 0.15) is 11.6 Å². The lowest BCUT2D eigenvalue weighted by Crippen LogP contribution is -2.33. The molecular weight excluding hydrogens is 276 g/mol. The molecule has 1 amide bonds. The van der Waals surface area contributed by atoms with Gasteiger partial charge in [-0.2, -0.15) is 0 Å². The van der Waals surface area contributed by atoms with Gasteiger partial charge < -0.3 is 10.4 Å². The minimum Gasteiger partial charge on any atom is -0.396 e. The monoisotopic (exact) mass is 297 g/mol. The molecule has 2 N–H and O–H groups in total. The number of allylic oxidation sites excluding steroid dienone is 1. The van der Waals surface area contributed by atoms with Crippen molar-refractivity contribution in [1.82, 2.24) is 5.32 Å². The summed E-state index contributed by atoms with van der Waals surface area (Å²) in [5.74, 6) is -1.70. The van der Waals surface area contributed by atoms with E-state index < -0.39 is 11.6 Å². The fourth-order valence-electron chi connectivity index (χ4n) is 1.85. The second kappa shape index (κ2) is 7.31. The van der Waals surface area contributed by atoms with Crippen molar-refractivity contribution in [3.63, 3.8) is 0 Å². The molecule has 0 spiro atoms. The number of carbonyl (C=O) groups excluding carboxylic acids is 1. The Morgan fingerprint density at radius 1 is 1.38 bits per heavy atom. The number of aliphatic hydroxyl groups is 1. The predicted octanol–water partition coefficient (Wildman–Crippen LogP) is 2.89. The molecule has 21 heavy (non-hydrogen) atoms. The minimum atomic E-state index is -0.697. The number of rotatable bonds is 6. The second-order valence-electron chi connectivity index (χ2n) is 5.81. The Morgan fingerprint density at radius 3 is 2.62 bits per heavy atom. The molecule has 0 saturated carbocycles. The molecular formula is C16H21F2NO2. The zero-order valence-electron chi connectivity index (χ0n) is 12.5. The topological polar surface area (TPSA) is 49.3 Å². The number of halogens is 2. The van der Waals surface area contributed by atoms with Crippen LogP contribution >= 0.6 is 0 Å². The predicted molar refractivity (Wildman–Crippen MR) is 78.5 cm³/mol. The zero-order chi connectivity index (χ0) is 16.0. The van der Waals surface area contributed by atoms with Crippen molar-refractivity contribution < 1.29 is 18.7 Å². The van der Waals surface area contributed by atoms with Crippen LogP contribution in [0.25, 0.3) is 5.57 Å². The molecule has 0 aliphatic rings. The maximum atomic E-state index is 13.6. The summed E-state index contributed by atoms with van der Waals surface area (Å²) in [4.78, 5) is 11.8. The van der Waals surface area contributed by atoms with Gasteiger partial charge in [-0.15, -0.1) is 0 Å². The lowest BCUT2D eigenvalue weighted by Gasteiger charge is -2.23. The van der Waals surface area contributed by atoms with E-state index in [1.807, 2.05) is 13.8 Å². The molecule has 0 radical (unpaired) electrons. The largest absolute Gasteiger partial charge is 0.396 e. The highest BCUT2D eigenvalue weighted by Crippen LogP contribution is 2.20. The van der Waals surface area contributed by atoms with Crippen LogP contribution in [0.1, 0.15) is 32.8 Å². The zero-order valence-corrected chi connectivity index (χ0v) is 12.5. The summed E-state index contributed by atoms with van der Waals surface area (Å²) < 4.78 is 26.4. The Kier molecular flexibility index (Phi) is 6.03. The maximum absolute atomic E-state index is 13.6. The third-order valence-electron chi connectivity index (χ3n) is 3.23. The Balaban J connectivity index is 2.71. The van der Waals surface area contributed by atoms with E-state index in [1.54, 1.807) is 6.92 Å². The van der Waals surface area contributed by atoms with Crippen molar-refractivity contribution in [2.75, 3.05) is 13.2 Å². The van der Waals surface area contributed by atoms with Crippen LogP contribution in [0.15, 0.2) is 24.3 Å². The van der Waals surface area contributed by atoms with Crippen molar-refractivity contribution in [2.24, 2.45) is 5.41 Å². The van der Waals surface area contributed by atoms with Gasteiger partial charge >= 0.3 is 0 Å². The van der Waals surface area contributed by atoms with Crippen LogP contribution in [0, 0.1) is 17.0 Å². The van der Waals surface area contributed by atoms with Crippen LogP contribution in [0.5, 0.6) is 0 Å².